The monoisotopic (exact) mass is 128 g/mol. The Hall–Kier alpha value is -0.530. The second-order valence-electron chi connectivity index (χ2n) is 2.71. The molecule has 2 nitrogen and oxygen atoms in total. The molecule has 0 rings (SSSR count). The van der Waals surface area contributed by atoms with Crippen LogP contribution in [0, 0.1) is 0 Å². The third-order valence-corrected chi connectivity index (χ3v) is 1.15. The molecule has 0 heterocycles. The van der Waals surface area contributed by atoms with Crippen LogP contribution >= 0.6 is 0 Å². The number of hydrogen-bond acceptors (Lipinski definition) is 2. The smallest absolute Gasteiger partial charge is 0.132 e. The molecule has 0 spiro atoms. The molecule has 0 saturated carbocycles. The minimum atomic E-state index is -0.191. The van der Waals surface area contributed by atoms with Crippen molar-refractivity contribution in [1.29, 1.82) is 0 Å². The van der Waals surface area contributed by atoms with Crippen molar-refractivity contribution in [3.05, 3.63) is 0 Å². The molecule has 0 bridgehead atoms. The molecule has 0 atom stereocenters. The summed E-state index contributed by atoms with van der Waals surface area (Å²) < 4.78 is 0. The Morgan fingerprint density at radius 2 is 2.11 bits per heavy atom. The van der Waals surface area contributed by atoms with Gasteiger partial charge in [0.15, 0.2) is 0 Å². The highest BCUT2D eigenvalue weighted by atomic mass is 16.6. The van der Waals surface area contributed by atoms with Crippen molar-refractivity contribution in [1.82, 2.24) is 0 Å². The van der Waals surface area contributed by atoms with E-state index < -0.39 is 0 Å². The van der Waals surface area contributed by atoms with Gasteiger partial charge in [-0.25, -0.2) is 0 Å². The van der Waals surface area contributed by atoms with Crippen LogP contribution in [-0.4, -0.2) is 12.3 Å². The van der Waals surface area contributed by atoms with Crippen molar-refractivity contribution in [3.63, 3.8) is 0 Å². The molecule has 0 amide bonds. The molecular weight excluding hydrogens is 114 g/mol. The Labute approximate surface area is 56.9 Å². The van der Waals surface area contributed by atoms with Gasteiger partial charge in [-0.15, -0.1) is 0 Å². The minimum absolute atomic E-state index is 0.191. The Kier molecular flexibility index (Phi) is 3.28. The maximum Gasteiger partial charge on any atom is 0.132 e. The van der Waals surface area contributed by atoms with Gasteiger partial charge in [0.1, 0.15) is 5.60 Å². The lowest BCUT2D eigenvalue weighted by atomic mass is 10.0. The van der Waals surface area contributed by atoms with Crippen molar-refractivity contribution in [2.45, 2.75) is 39.2 Å². The van der Waals surface area contributed by atoms with E-state index in [1.807, 2.05) is 13.8 Å². The van der Waals surface area contributed by atoms with Crippen LogP contribution in [0.1, 0.15) is 33.6 Å². The number of hydrogen-bond donors (Lipinski definition) is 0. The summed E-state index contributed by atoms with van der Waals surface area (Å²) in [4.78, 5) is 4.87. The van der Waals surface area contributed by atoms with Crippen LogP contribution in [0.25, 0.3) is 0 Å². The molecule has 1 radical (unpaired) electrons. The molecule has 9 heavy (non-hydrogen) atoms. The second-order valence-corrected chi connectivity index (χ2v) is 2.71. The number of rotatable bonds is 4. The summed E-state index contributed by atoms with van der Waals surface area (Å²) in [5, 5.41) is 3.13. The minimum Gasteiger partial charge on any atom is -0.390 e. The maximum atomic E-state index is 4.87. The van der Waals surface area contributed by atoms with E-state index in [9.17, 15) is 0 Å². The summed E-state index contributed by atoms with van der Waals surface area (Å²) in [6.07, 6.45) is 2.07. The molecule has 53 valence electrons. The fourth-order valence-corrected chi connectivity index (χ4v) is 0.790. The van der Waals surface area contributed by atoms with E-state index in [0.29, 0.717) is 0 Å². The van der Waals surface area contributed by atoms with Gasteiger partial charge in [0.2, 0.25) is 0 Å². The third kappa shape index (κ3) is 4.01. The van der Waals surface area contributed by atoms with Crippen molar-refractivity contribution < 1.29 is 4.84 Å². The lowest BCUT2D eigenvalue weighted by Gasteiger charge is -2.20. The van der Waals surface area contributed by atoms with Crippen LogP contribution in [0.15, 0.2) is 5.16 Å². The van der Waals surface area contributed by atoms with Gasteiger partial charge in [0.05, 0.1) is 6.72 Å². The van der Waals surface area contributed by atoms with Gasteiger partial charge in [-0.1, -0.05) is 18.5 Å². The molecule has 0 aliphatic rings. The van der Waals surface area contributed by atoms with Crippen molar-refractivity contribution >= 4 is 6.72 Å². The molecule has 0 unspecified atom stereocenters. The normalized spacial score (nSPS) is 11.0. The zero-order valence-corrected chi connectivity index (χ0v) is 6.35. The van der Waals surface area contributed by atoms with E-state index in [4.69, 9.17) is 11.6 Å². The first-order valence-corrected chi connectivity index (χ1v) is 3.21. The summed E-state index contributed by atoms with van der Waals surface area (Å²) in [6.45, 7) is 10.9. The average Bonchev–Trinajstić information content (AvgIpc) is 1.64. The van der Waals surface area contributed by atoms with Gasteiger partial charge in [-0.3, -0.25) is 0 Å². The summed E-state index contributed by atoms with van der Waals surface area (Å²) in [5.41, 5.74) is -0.191. The van der Waals surface area contributed by atoms with Crippen molar-refractivity contribution in [2.24, 2.45) is 5.16 Å². The SMILES string of the molecule is [CH]=NOC(C)(C)CCC. The average molecular weight is 128 g/mol. The van der Waals surface area contributed by atoms with Crippen molar-refractivity contribution in [2.75, 3.05) is 0 Å². The molecule has 0 fully saturated rings. The Balaban J connectivity index is 3.55. The molecule has 2 heteroatoms. The molecule has 0 aliphatic carbocycles. The molecule has 0 aromatic rings. The van der Waals surface area contributed by atoms with E-state index in [0.717, 1.165) is 12.8 Å². The Morgan fingerprint density at radius 1 is 1.56 bits per heavy atom. The summed E-state index contributed by atoms with van der Waals surface area (Å²) in [5.74, 6) is 0. The van der Waals surface area contributed by atoms with Gasteiger partial charge in [-0.05, 0) is 20.3 Å². The Morgan fingerprint density at radius 3 is 2.44 bits per heavy atom. The molecule has 0 aromatic heterocycles. The van der Waals surface area contributed by atoms with E-state index in [-0.39, 0.29) is 5.60 Å². The molecule has 0 saturated heterocycles. The van der Waals surface area contributed by atoms with Gasteiger partial charge < -0.3 is 4.84 Å². The highest BCUT2D eigenvalue weighted by Crippen LogP contribution is 2.15. The summed E-state index contributed by atoms with van der Waals surface area (Å²) in [6, 6.07) is 0. The van der Waals surface area contributed by atoms with E-state index >= 15 is 0 Å². The van der Waals surface area contributed by atoms with E-state index in [1.54, 1.807) is 0 Å². The molecule has 0 aliphatic heterocycles. The maximum absolute atomic E-state index is 4.87. The lowest BCUT2D eigenvalue weighted by molar-refractivity contribution is -0.0192. The van der Waals surface area contributed by atoms with Crippen LogP contribution in [-0.2, 0) is 4.84 Å². The highest BCUT2D eigenvalue weighted by Gasteiger charge is 2.16. The van der Waals surface area contributed by atoms with Gasteiger partial charge in [-0.2, -0.15) is 0 Å². The first kappa shape index (κ1) is 8.47. The molecule has 0 aromatic carbocycles. The third-order valence-electron chi connectivity index (χ3n) is 1.15. The predicted molar refractivity (Wildman–Crippen MR) is 38.6 cm³/mol. The second kappa shape index (κ2) is 3.49. The largest absolute Gasteiger partial charge is 0.390 e. The summed E-state index contributed by atoms with van der Waals surface area (Å²) in [7, 11) is 0. The lowest BCUT2D eigenvalue weighted by Crippen LogP contribution is -2.20. The molecular formula is C7H14NO. The van der Waals surface area contributed by atoms with Crippen LogP contribution in [0.4, 0.5) is 0 Å². The quantitative estimate of drug-likeness (QED) is 0.419. The summed E-state index contributed by atoms with van der Waals surface area (Å²) >= 11 is 0. The van der Waals surface area contributed by atoms with Gasteiger partial charge in [0.25, 0.3) is 0 Å². The fraction of sp³-hybridized carbons (Fsp3) is 0.857. The topological polar surface area (TPSA) is 21.6 Å². The first-order valence-electron chi connectivity index (χ1n) is 3.21. The standard InChI is InChI=1S/C7H14NO/c1-5-6-7(2,3)9-8-4/h4H,5-6H2,1-3H3. The van der Waals surface area contributed by atoms with Gasteiger partial charge in [0, 0.05) is 0 Å². The zero-order valence-electron chi connectivity index (χ0n) is 6.35. The van der Waals surface area contributed by atoms with Crippen LogP contribution in [0.3, 0.4) is 0 Å². The Bertz CT molecular complexity index is 88.9. The predicted octanol–water partition coefficient (Wildman–Crippen LogP) is 2.07. The zero-order chi connectivity index (χ0) is 7.33. The van der Waals surface area contributed by atoms with E-state index in [1.165, 1.54) is 0 Å². The van der Waals surface area contributed by atoms with Gasteiger partial charge >= 0.3 is 0 Å². The molecule has 0 N–H and O–H groups in total. The van der Waals surface area contributed by atoms with E-state index in [2.05, 4.69) is 12.1 Å². The van der Waals surface area contributed by atoms with Crippen LogP contribution in [0.2, 0.25) is 0 Å². The van der Waals surface area contributed by atoms with Crippen molar-refractivity contribution in [3.8, 4) is 0 Å². The van der Waals surface area contributed by atoms with Crippen LogP contribution in [0.5, 0.6) is 0 Å². The number of nitrogens with zero attached hydrogens (tertiary/aromatic N) is 1. The van der Waals surface area contributed by atoms with Crippen LogP contribution < -0.4 is 0 Å². The first-order chi connectivity index (χ1) is 4.12. The highest BCUT2D eigenvalue weighted by molar-refractivity contribution is 5.21. The fourth-order valence-electron chi connectivity index (χ4n) is 0.790.